The highest BCUT2D eigenvalue weighted by atomic mass is 19.4. The van der Waals surface area contributed by atoms with Crippen LogP contribution in [0.3, 0.4) is 0 Å². The van der Waals surface area contributed by atoms with E-state index in [1.54, 1.807) is 0 Å². The zero-order valence-corrected chi connectivity index (χ0v) is 9.93. The monoisotopic (exact) mass is 295 g/mol. The molecule has 1 heterocycles. The summed E-state index contributed by atoms with van der Waals surface area (Å²) < 4.78 is 80.7. The Morgan fingerprint density at radius 3 is 1.75 bits per heavy atom. The lowest BCUT2D eigenvalue weighted by Crippen LogP contribution is -2.11. The summed E-state index contributed by atoms with van der Waals surface area (Å²) in [5, 5.41) is 0. The Balaban J connectivity index is 2.63. The van der Waals surface area contributed by atoms with E-state index in [0.29, 0.717) is 12.1 Å². The third-order valence-corrected chi connectivity index (χ3v) is 2.50. The first kappa shape index (κ1) is 14.4. The smallest absolute Gasteiger partial charge is 0.416 e. The molecule has 2 rings (SSSR count). The molecule has 0 N–H and O–H groups in total. The molecule has 0 amide bonds. The van der Waals surface area contributed by atoms with Gasteiger partial charge in [0.1, 0.15) is 12.0 Å². The lowest BCUT2D eigenvalue weighted by molar-refractivity contribution is -0.143. The molecule has 0 atom stereocenters. The van der Waals surface area contributed by atoms with Gasteiger partial charge in [0, 0.05) is 12.5 Å². The van der Waals surface area contributed by atoms with Crippen LogP contribution < -0.4 is 0 Å². The topological polar surface area (TPSA) is 26.0 Å². The molecule has 0 spiro atoms. The largest absolute Gasteiger partial charge is 0.449 e. The van der Waals surface area contributed by atoms with Crippen molar-refractivity contribution in [1.82, 2.24) is 4.98 Å². The molecule has 1 aromatic carbocycles. The van der Waals surface area contributed by atoms with Gasteiger partial charge >= 0.3 is 12.4 Å². The van der Waals surface area contributed by atoms with E-state index in [1.165, 1.54) is 6.92 Å². The second-order valence-corrected chi connectivity index (χ2v) is 4.05. The van der Waals surface area contributed by atoms with Gasteiger partial charge in [-0.3, -0.25) is 0 Å². The maximum absolute atomic E-state index is 12.6. The number of halogens is 6. The number of alkyl halides is 6. The van der Waals surface area contributed by atoms with E-state index in [1.807, 2.05) is 0 Å². The molecule has 2 aromatic rings. The fraction of sp³-hybridized carbons (Fsp3) is 0.250. The van der Waals surface area contributed by atoms with Gasteiger partial charge in [-0.25, -0.2) is 4.98 Å². The van der Waals surface area contributed by atoms with Gasteiger partial charge in [0.15, 0.2) is 5.89 Å². The maximum atomic E-state index is 12.6. The molecule has 0 aliphatic carbocycles. The van der Waals surface area contributed by atoms with E-state index >= 15 is 0 Å². The molecule has 8 heteroatoms. The summed E-state index contributed by atoms with van der Waals surface area (Å²) in [5.41, 5.74) is -3.16. The molecule has 108 valence electrons. The minimum absolute atomic E-state index is 0.0659. The summed E-state index contributed by atoms with van der Waals surface area (Å²) in [6.45, 7) is 1.43. The Kier molecular flexibility index (Phi) is 3.27. The molecule has 0 saturated heterocycles. The lowest BCUT2D eigenvalue weighted by Gasteiger charge is -2.13. The Bertz CT molecular complexity index is 593. The number of aromatic nitrogens is 1. The predicted octanol–water partition coefficient (Wildman–Crippen LogP) is 4.69. The zero-order valence-electron chi connectivity index (χ0n) is 9.93. The number of hydrogen-bond acceptors (Lipinski definition) is 2. The minimum atomic E-state index is -4.88. The molecule has 0 aliphatic rings. The van der Waals surface area contributed by atoms with Gasteiger partial charge in [0.25, 0.3) is 0 Å². The molecule has 0 radical (unpaired) electrons. The van der Waals surface area contributed by atoms with Crippen LogP contribution >= 0.6 is 0 Å². The molecule has 2 nitrogen and oxygen atoms in total. The first-order valence-corrected chi connectivity index (χ1v) is 5.29. The summed E-state index contributed by atoms with van der Waals surface area (Å²) in [5.74, 6) is 0.144. The first-order valence-electron chi connectivity index (χ1n) is 5.29. The molecular weight excluding hydrogens is 288 g/mol. The fourth-order valence-corrected chi connectivity index (χ4v) is 1.60. The fourth-order valence-electron chi connectivity index (χ4n) is 1.60. The van der Waals surface area contributed by atoms with Crippen LogP contribution in [0.2, 0.25) is 0 Å². The highest BCUT2D eigenvalue weighted by Gasteiger charge is 2.37. The van der Waals surface area contributed by atoms with Crippen LogP contribution in [0.4, 0.5) is 26.3 Å². The average Bonchev–Trinajstić information content (AvgIpc) is 2.73. The van der Waals surface area contributed by atoms with Crippen molar-refractivity contribution >= 4 is 0 Å². The van der Waals surface area contributed by atoms with Crippen LogP contribution in [-0.4, -0.2) is 4.98 Å². The van der Waals surface area contributed by atoms with Crippen molar-refractivity contribution < 1.29 is 30.8 Å². The number of hydrogen-bond donors (Lipinski definition) is 0. The van der Waals surface area contributed by atoms with Gasteiger partial charge in [-0.05, 0) is 18.2 Å². The highest BCUT2D eigenvalue weighted by molar-refractivity contribution is 5.61. The standard InChI is InChI=1S/C12H7F6NO/c1-6-19-10(5-20-6)7-2-8(11(13,14)15)4-9(3-7)12(16,17)18/h2-5H,1H3. The summed E-state index contributed by atoms with van der Waals surface area (Å²) in [6.07, 6.45) is -8.76. The summed E-state index contributed by atoms with van der Waals surface area (Å²) in [7, 11) is 0. The molecule has 0 aliphatic heterocycles. The van der Waals surface area contributed by atoms with Crippen molar-refractivity contribution in [2.75, 3.05) is 0 Å². The minimum Gasteiger partial charge on any atom is -0.449 e. The van der Waals surface area contributed by atoms with Crippen LogP contribution in [-0.2, 0) is 12.4 Å². The molecule has 1 aromatic heterocycles. The number of rotatable bonds is 1. The number of aryl methyl sites for hydroxylation is 1. The number of benzene rings is 1. The quantitative estimate of drug-likeness (QED) is 0.713. The van der Waals surface area contributed by atoms with E-state index in [2.05, 4.69) is 4.98 Å². The van der Waals surface area contributed by atoms with Gasteiger partial charge in [0.2, 0.25) is 0 Å². The molecule has 0 unspecified atom stereocenters. The third-order valence-electron chi connectivity index (χ3n) is 2.50. The van der Waals surface area contributed by atoms with Crippen molar-refractivity contribution in [1.29, 1.82) is 0 Å². The van der Waals surface area contributed by atoms with Gasteiger partial charge < -0.3 is 4.42 Å². The molecule has 0 saturated carbocycles. The summed E-state index contributed by atoms with van der Waals surface area (Å²) >= 11 is 0. The van der Waals surface area contributed by atoms with Crippen molar-refractivity contribution in [3.05, 3.63) is 41.5 Å². The number of nitrogens with zero attached hydrogens (tertiary/aromatic N) is 1. The molecular formula is C12H7F6NO. The van der Waals surface area contributed by atoms with Crippen LogP contribution in [0.5, 0.6) is 0 Å². The van der Waals surface area contributed by atoms with Crippen LogP contribution in [0.1, 0.15) is 17.0 Å². The first-order chi connectivity index (χ1) is 9.07. The maximum Gasteiger partial charge on any atom is 0.416 e. The lowest BCUT2D eigenvalue weighted by atomic mass is 10.0. The Hall–Kier alpha value is -1.99. The van der Waals surface area contributed by atoms with E-state index in [9.17, 15) is 26.3 Å². The summed E-state index contributed by atoms with van der Waals surface area (Å²) in [4.78, 5) is 3.73. The van der Waals surface area contributed by atoms with E-state index < -0.39 is 23.5 Å². The third kappa shape index (κ3) is 2.94. The second kappa shape index (κ2) is 4.53. The van der Waals surface area contributed by atoms with Gasteiger partial charge in [0.05, 0.1) is 11.1 Å². The van der Waals surface area contributed by atoms with Crippen molar-refractivity contribution in [2.45, 2.75) is 19.3 Å². The van der Waals surface area contributed by atoms with Crippen molar-refractivity contribution in [3.63, 3.8) is 0 Å². The molecule has 20 heavy (non-hydrogen) atoms. The van der Waals surface area contributed by atoms with Crippen LogP contribution in [0.25, 0.3) is 11.3 Å². The summed E-state index contributed by atoms with van der Waals surface area (Å²) in [6, 6.07) is 1.27. The van der Waals surface area contributed by atoms with Gasteiger partial charge in [-0.15, -0.1) is 0 Å². The molecule has 0 bridgehead atoms. The van der Waals surface area contributed by atoms with Crippen LogP contribution in [0, 0.1) is 6.92 Å². The predicted molar refractivity (Wildman–Crippen MR) is 56.7 cm³/mol. The number of oxazole rings is 1. The Labute approximate surface area is 109 Å². The SMILES string of the molecule is Cc1nc(-c2cc(C(F)(F)F)cc(C(F)(F)F)c2)co1. The van der Waals surface area contributed by atoms with Gasteiger partial charge in [-0.2, -0.15) is 26.3 Å². The second-order valence-electron chi connectivity index (χ2n) is 4.05. The Morgan fingerprint density at radius 2 is 1.40 bits per heavy atom. The zero-order chi connectivity index (χ0) is 15.1. The van der Waals surface area contributed by atoms with Crippen molar-refractivity contribution in [3.8, 4) is 11.3 Å². The molecule has 0 fully saturated rings. The normalized spacial score (nSPS) is 12.8. The van der Waals surface area contributed by atoms with E-state index in [-0.39, 0.29) is 23.2 Å². The van der Waals surface area contributed by atoms with Gasteiger partial charge in [-0.1, -0.05) is 0 Å². The van der Waals surface area contributed by atoms with Crippen molar-refractivity contribution in [2.24, 2.45) is 0 Å². The van der Waals surface area contributed by atoms with E-state index in [4.69, 9.17) is 4.42 Å². The Morgan fingerprint density at radius 1 is 0.900 bits per heavy atom. The van der Waals surface area contributed by atoms with Crippen LogP contribution in [0.15, 0.2) is 28.9 Å². The average molecular weight is 295 g/mol. The highest BCUT2D eigenvalue weighted by Crippen LogP contribution is 2.38. The van der Waals surface area contributed by atoms with E-state index in [0.717, 1.165) is 6.26 Å².